The maximum Gasteiger partial charge on any atom is 0.255 e. The normalized spacial score (nSPS) is 11.8. The summed E-state index contributed by atoms with van der Waals surface area (Å²) in [5.74, 6) is -0.0423. The number of rotatable bonds is 5. The largest absolute Gasteiger partial charge is 0.497 e. The van der Waals surface area contributed by atoms with Crippen LogP contribution in [0.1, 0.15) is 28.9 Å². The van der Waals surface area contributed by atoms with E-state index in [1.54, 1.807) is 25.1 Å². The van der Waals surface area contributed by atoms with Crippen LogP contribution >= 0.6 is 23.2 Å². The molecular formula is C17H16Cl2FNO3. The number of methoxy groups -OCH3 is 2. The van der Waals surface area contributed by atoms with Crippen LogP contribution in [-0.4, -0.2) is 20.1 Å². The van der Waals surface area contributed by atoms with Crippen molar-refractivity contribution in [2.45, 2.75) is 13.0 Å². The Labute approximate surface area is 149 Å². The Morgan fingerprint density at radius 3 is 2.46 bits per heavy atom. The second kappa shape index (κ2) is 7.73. The highest BCUT2D eigenvalue weighted by molar-refractivity contribution is 6.35. The Bertz CT molecular complexity index is 768. The highest BCUT2D eigenvalue weighted by Gasteiger charge is 2.19. The first-order chi connectivity index (χ1) is 11.4. The van der Waals surface area contributed by atoms with Gasteiger partial charge in [-0.3, -0.25) is 4.79 Å². The fraction of sp³-hybridized carbons (Fsp3) is 0.235. The molecule has 0 aliphatic rings. The Kier molecular flexibility index (Phi) is 5.91. The average molecular weight is 372 g/mol. The van der Waals surface area contributed by atoms with Crippen molar-refractivity contribution in [2.75, 3.05) is 14.2 Å². The van der Waals surface area contributed by atoms with Gasteiger partial charge in [0.2, 0.25) is 0 Å². The summed E-state index contributed by atoms with van der Waals surface area (Å²) < 4.78 is 24.0. The minimum absolute atomic E-state index is 0.0703. The number of halogens is 3. The minimum Gasteiger partial charge on any atom is -0.497 e. The fourth-order valence-electron chi connectivity index (χ4n) is 2.21. The zero-order valence-electron chi connectivity index (χ0n) is 13.3. The molecule has 1 unspecified atom stereocenters. The molecule has 0 aromatic heterocycles. The summed E-state index contributed by atoms with van der Waals surface area (Å²) in [6.45, 7) is 1.70. The highest BCUT2D eigenvalue weighted by Crippen LogP contribution is 2.30. The third-order valence-electron chi connectivity index (χ3n) is 3.51. The van der Waals surface area contributed by atoms with Gasteiger partial charge in [-0.25, -0.2) is 4.39 Å². The van der Waals surface area contributed by atoms with E-state index in [9.17, 15) is 9.18 Å². The maximum absolute atomic E-state index is 13.6. The molecule has 1 N–H and O–H groups in total. The van der Waals surface area contributed by atoms with E-state index in [1.165, 1.54) is 26.4 Å². The maximum atomic E-state index is 13.6. The predicted octanol–water partition coefficient (Wildman–Crippen LogP) is 4.64. The quantitative estimate of drug-likeness (QED) is 0.778. The molecule has 0 fully saturated rings. The van der Waals surface area contributed by atoms with Crippen LogP contribution in [0.15, 0.2) is 30.3 Å². The predicted molar refractivity (Wildman–Crippen MR) is 91.8 cm³/mol. The van der Waals surface area contributed by atoms with Gasteiger partial charge in [0, 0.05) is 11.1 Å². The lowest BCUT2D eigenvalue weighted by Crippen LogP contribution is -2.27. The number of benzene rings is 2. The minimum atomic E-state index is -0.598. The lowest BCUT2D eigenvalue weighted by molar-refractivity contribution is 0.0936. The van der Waals surface area contributed by atoms with Crippen molar-refractivity contribution in [2.24, 2.45) is 0 Å². The van der Waals surface area contributed by atoms with Gasteiger partial charge in [0.1, 0.15) is 17.3 Å². The number of carbonyl (C=O) groups is 1. The van der Waals surface area contributed by atoms with Crippen LogP contribution in [0.4, 0.5) is 4.39 Å². The van der Waals surface area contributed by atoms with Gasteiger partial charge in [0.05, 0.1) is 30.8 Å². The van der Waals surface area contributed by atoms with Gasteiger partial charge in [0.25, 0.3) is 5.91 Å². The van der Waals surface area contributed by atoms with Crippen molar-refractivity contribution >= 4 is 29.1 Å². The molecule has 2 rings (SSSR count). The molecule has 0 saturated carbocycles. The van der Waals surface area contributed by atoms with Crippen molar-refractivity contribution in [3.8, 4) is 11.5 Å². The average Bonchev–Trinajstić information content (AvgIpc) is 2.57. The molecule has 0 radical (unpaired) electrons. The van der Waals surface area contributed by atoms with Crippen LogP contribution in [0.5, 0.6) is 11.5 Å². The Hall–Kier alpha value is -1.98. The van der Waals surface area contributed by atoms with Gasteiger partial charge in [-0.1, -0.05) is 23.2 Å². The first-order valence-corrected chi connectivity index (χ1v) is 7.80. The SMILES string of the molecule is COc1ccc(C(=O)NC(C)c2cc(F)c(Cl)cc2Cl)c(OC)c1. The molecule has 0 aliphatic heterocycles. The molecule has 0 aliphatic carbocycles. The molecule has 2 aromatic carbocycles. The molecule has 24 heavy (non-hydrogen) atoms. The monoisotopic (exact) mass is 371 g/mol. The van der Waals surface area contributed by atoms with E-state index in [0.717, 1.165) is 0 Å². The van der Waals surface area contributed by atoms with E-state index in [2.05, 4.69) is 5.32 Å². The van der Waals surface area contributed by atoms with Crippen LogP contribution in [-0.2, 0) is 0 Å². The van der Waals surface area contributed by atoms with Gasteiger partial charge in [0.15, 0.2) is 0 Å². The molecule has 1 atom stereocenters. The van der Waals surface area contributed by atoms with Gasteiger partial charge >= 0.3 is 0 Å². The topological polar surface area (TPSA) is 47.6 Å². The van der Waals surface area contributed by atoms with Gasteiger partial charge < -0.3 is 14.8 Å². The van der Waals surface area contributed by atoms with Gasteiger partial charge in [-0.15, -0.1) is 0 Å². The lowest BCUT2D eigenvalue weighted by Gasteiger charge is -2.17. The Morgan fingerprint density at radius 2 is 1.83 bits per heavy atom. The summed E-state index contributed by atoms with van der Waals surface area (Å²) in [6, 6.07) is 6.84. The standard InChI is InChI=1S/C17H16Cl2FNO3/c1-9(12-7-15(20)14(19)8-13(12)18)21-17(22)11-5-4-10(23-2)6-16(11)24-3/h4-9H,1-3H3,(H,21,22). The van der Waals surface area contributed by atoms with E-state index in [-0.39, 0.29) is 16.0 Å². The molecule has 0 saturated heterocycles. The van der Waals surface area contributed by atoms with E-state index in [0.29, 0.717) is 22.6 Å². The second-order valence-corrected chi connectivity index (χ2v) is 5.86. The van der Waals surface area contributed by atoms with Crippen LogP contribution in [0.25, 0.3) is 0 Å². The van der Waals surface area contributed by atoms with E-state index < -0.39 is 11.9 Å². The summed E-state index contributed by atoms with van der Waals surface area (Å²) in [5, 5.41) is 2.96. The smallest absolute Gasteiger partial charge is 0.255 e. The first-order valence-electron chi connectivity index (χ1n) is 7.04. The third-order valence-corrected chi connectivity index (χ3v) is 4.12. The van der Waals surface area contributed by atoms with Crippen molar-refractivity contribution in [1.82, 2.24) is 5.32 Å². The van der Waals surface area contributed by atoms with E-state index >= 15 is 0 Å². The van der Waals surface area contributed by atoms with Crippen LogP contribution in [0.3, 0.4) is 0 Å². The molecule has 128 valence electrons. The zero-order valence-corrected chi connectivity index (χ0v) is 14.8. The lowest BCUT2D eigenvalue weighted by atomic mass is 10.1. The molecule has 0 heterocycles. The molecule has 1 amide bonds. The summed E-state index contributed by atoms with van der Waals surface area (Å²) in [7, 11) is 2.98. The molecule has 7 heteroatoms. The zero-order chi connectivity index (χ0) is 17.9. The van der Waals surface area contributed by atoms with Crippen LogP contribution in [0, 0.1) is 5.82 Å². The number of carbonyl (C=O) groups excluding carboxylic acids is 1. The summed E-state index contributed by atoms with van der Waals surface area (Å²) in [4.78, 5) is 12.5. The molecule has 0 spiro atoms. The summed E-state index contributed by atoms with van der Waals surface area (Å²) >= 11 is 11.8. The molecule has 4 nitrogen and oxygen atoms in total. The third kappa shape index (κ3) is 3.91. The van der Waals surface area contributed by atoms with Crippen LogP contribution < -0.4 is 14.8 Å². The van der Waals surface area contributed by atoms with Crippen molar-refractivity contribution < 1.29 is 18.7 Å². The van der Waals surface area contributed by atoms with Crippen molar-refractivity contribution in [3.63, 3.8) is 0 Å². The summed E-state index contributed by atoms with van der Waals surface area (Å²) in [5.41, 5.74) is 0.759. The molecule has 2 aromatic rings. The number of hydrogen-bond donors (Lipinski definition) is 1. The van der Waals surface area contributed by atoms with E-state index in [4.69, 9.17) is 32.7 Å². The molecule has 0 bridgehead atoms. The summed E-state index contributed by atoms with van der Waals surface area (Å²) in [6.07, 6.45) is 0. The number of amides is 1. The highest BCUT2D eigenvalue weighted by atomic mass is 35.5. The van der Waals surface area contributed by atoms with E-state index in [1.807, 2.05) is 0 Å². The van der Waals surface area contributed by atoms with Gasteiger partial charge in [-0.2, -0.15) is 0 Å². The van der Waals surface area contributed by atoms with Crippen LogP contribution in [0.2, 0.25) is 10.0 Å². The number of hydrogen-bond acceptors (Lipinski definition) is 3. The van der Waals surface area contributed by atoms with Crippen molar-refractivity contribution in [1.29, 1.82) is 0 Å². The number of ether oxygens (including phenoxy) is 2. The first kappa shape index (κ1) is 18.4. The fourth-order valence-corrected chi connectivity index (χ4v) is 2.75. The second-order valence-electron chi connectivity index (χ2n) is 5.05. The Balaban J connectivity index is 2.25. The Morgan fingerprint density at radius 1 is 1.12 bits per heavy atom. The van der Waals surface area contributed by atoms with Crippen molar-refractivity contribution in [3.05, 3.63) is 57.3 Å². The number of nitrogens with one attached hydrogen (secondary N) is 1. The molecular weight excluding hydrogens is 356 g/mol. The van der Waals surface area contributed by atoms with Gasteiger partial charge in [-0.05, 0) is 36.8 Å².